The Morgan fingerprint density at radius 1 is 1.32 bits per heavy atom. The first-order valence-corrected chi connectivity index (χ1v) is 7.85. The van der Waals surface area contributed by atoms with E-state index >= 15 is 0 Å². The fourth-order valence-electron chi connectivity index (χ4n) is 2.28. The maximum Gasteiger partial charge on any atom is 0.246 e. The molecule has 0 spiro atoms. The number of nitrogens with zero attached hydrogens (tertiary/aromatic N) is 2. The van der Waals surface area contributed by atoms with Gasteiger partial charge in [-0.25, -0.2) is 8.42 Å². The highest BCUT2D eigenvalue weighted by Gasteiger charge is 2.31. The molecule has 1 aromatic heterocycles. The van der Waals surface area contributed by atoms with E-state index in [0.29, 0.717) is 18.8 Å². The van der Waals surface area contributed by atoms with E-state index < -0.39 is 10.0 Å². The third-order valence-electron chi connectivity index (χ3n) is 3.48. The van der Waals surface area contributed by atoms with Crippen LogP contribution in [0.3, 0.4) is 0 Å². The molecule has 1 aliphatic heterocycles. The van der Waals surface area contributed by atoms with E-state index in [1.807, 2.05) is 0 Å². The molecule has 1 saturated heterocycles. The second-order valence-electron chi connectivity index (χ2n) is 4.63. The summed E-state index contributed by atoms with van der Waals surface area (Å²) < 4.78 is 31.7. The van der Waals surface area contributed by atoms with Gasteiger partial charge in [0.05, 0.1) is 0 Å². The molecule has 1 aromatic rings. The largest absolute Gasteiger partial charge is 0.462 e. The molecule has 7 heteroatoms. The van der Waals surface area contributed by atoms with Gasteiger partial charge in [0.1, 0.15) is 23.0 Å². The Bertz CT molecular complexity index is 530. The standard InChI is InChI=1S/C12H20N2O4S/c1-3-13-4-6-14(7-5-13)19(16,17)12-8-11(9-15)18-10(12)2/h8,15H,3-7,9H2,1-2H3. The molecule has 0 aliphatic carbocycles. The Balaban J connectivity index is 2.20. The summed E-state index contributed by atoms with van der Waals surface area (Å²) in [7, 11) is -3.51. The van der Waals surface area contributed by atoms with Crippen LogP contribution >= 0.6 is 0 Å². The van der Waals surface area contributed by atoms with Crippen LogP contribution in [0.15, 0.2) is 15.4 Å². The van der Waals surface area contributed by atoms with Gasteiger partial charge < -0.3 is 14.4 Å². The monoisotopic (exact) mass is 288 g/mol. The van der Waals surface area contributed by atoms with E-state index in [0.717, 1.165) is 19.6 Å². The van der Waals surface area contributed by atoms with Crippen LogP contribution in [0, 0.1) is 6.92 Å². The summed E-state index contributed by atoms with van der Waals surface area (Å²) in [5.74, 6) is 0.616. The van der Waals surface area contributed by atoms with E-state index in [1.54, 1.807) is 6.92 Å². The first-order valence-electron chi connectivity index (χ1n) is 6.41. The van der Waals surface area contributed by atoms with Crippen molar-refractivity contribution < 1.29 is 17.9 Å². The number of aryl methyl sites for hydroxylation is 1. The third kappa shape index (κ3) is 2.84. The summed E-state index contributed by atoms with van der Waals surface area (Å²) in [4.78, 5) is 2.38. The van der Waals surface area contributed by atoms with Crippen LogP contribution in [0.2, 0.25) is 0 Å². The molecule has 0 radical (unpaired) electrons. The normalized spacial score (nSPS) is 18.9. The van der Waals surface area contributed by atoms with Crippen molar-refractivity contribution in [2.75, 3.05) is 32.7 Å². The first kappa shape index (κ1) is 14.5. The zero-order chi connectivity index (χ0) is 14.0. The summed E-state index contributed by atoms with van der Waals surface area (Å²) in [6.45, 7) is 6.81. The van der Waals surface area contributed by atoms with Gasteiger partial charge in [0.25, 0.3) is 0 Å². The Labute approximate surface area is 113 Å². The SMILES string of the molecule is CCN1CCN(S(=O)(=O)c2cc(CO)oc2C)CC1. The molecule has 108 valence electrons. The molecular weight excluding hydrogens is 268 g/mol. The van der Waals surface area contributed by atoms with Crippen LogP contribution < -0.4 is 0 Å². The number of hydrogen-bond donors (Lipinski definition) is 1. The molecule has 0 aromatic carbocycles. The Hall–Kier alpha value is -0.890. The van der Waals surface area contributed by atoms with Crippen molar-refractivity contribution in [3.8, 4) is 0 Å². The van der Waals surface area contributed by atoms with Crippen molar-refractivity contribution in [1.82, 2.24) is 9.21 Å². The van der Waals surface area contributed by atoms with Gasteiger partial charge in [0.15, 0.2) is 0 Å². The van der Waals surface area contributed by atoms with Crippen LogP contribution in [0.5, 0.6) is 0 Å². The zero-order valence-corrected chi connectivity index (χ0v) is 12.1. The minimum absolute atomic E-state index is 0.168. The Kier molecular flexibility index (Phi) is 4.29. The minimum atomic E-state index is -3.51. The lowest BCUT2D eigenvalue weighted by atomic mass is 10.4. The number of piperazine rings is 1. The lowest BCUT2D eigenvalue weighted by molar-refractivity contribution is 0.196. The highest BCUT2D eigenvalue weighted by molar-refractivity contribution is 7.89. The number of aliphatic hydroxyl groups is 1. The van der Waals surface area contributed by atoms with Crippen molar-refractivity contribution in [1.29, 1.82) is 0 Å². The van der Waals surface area contributed by atoms with Gasteiger partial charge in [-0.15, -0.1) is 0 Å². The highest BCUT2D eigenvalue weighted by Crippen LogP contribution is 2.24. The topological polar surface area (TPSA) is 74.0 Å². The molecule has 1 aliphatic rings. The van der Waals surface area contributed by atoms with E-state index in [4.69, 9.17) is 9.52 Å². The average Bonchev–Trinajstić information content (AvgIpc) is 2.81. The van der Waals surface area contributed by atoms with Gasteiger partial charge in [-0.2, -0.15) is 4.31 Å². The molecule has 1 N–H and O–H groups in total. The van der Waals surface area contributed by atoms with Crippen molar-refractivity contribution in [2.45, 2.75) is 25.3 Å². The van der Waals surface area contributed by atoms with E-state index in [-0.39, 0.29) is 17.3 Å². The van der Waals surface area contributed by atoms with Crippen molar-refractivity contribution in [2.24, 2.45) is 0 Å². The molecule has 6 nitrogen and oxygen atoms in total. The number of likely N-dealkylation sites (N-methyl/N-ethyl adjacent to an activating group) is 1. The fourth-order valence-corrected chi connectivity index (χ4v) is 3.89. The number of furan rings is 1. The summed E-state index contributed by atoms with van der Waals surface area (Å²) in [6, 6.07) is 1.41. The van der Waals surface area contributed by atoms with Crippen molar-refractivity contribution >= 4 is 10.0 Å². The van der Waals surface area contributed by atoms with Gasteiger partial charge in [-0.3, -0.25) is 0 Å². The number of aliphatic hydroxyl groups excluding tert-OH is 1. The molecular formula is C12H20N2O4S. The quantitative estimate of drug-likeness (QED) is 0.868. The van der Waals surface area contributed by atoms with E-state index in [2.05, 4.69) is 11.8 Å². The molecule has 0 atom stereocenters. The molecule has 0 unspecified atom stereocenters. The molecule has 0 amide bonds. The second kappa shape index (κ2) is 5.62. The van der Waals surface area contributed by atoms with Gasteiger partial charge >= 0.3 is 0 Å². The summed E-state index contributed by atoms with van der Waals surface area (Å²) >= 11 is 0. The van der Waals surface area contributed by atoms with Gasteiger partial charge in [-0.1, -0.05) is 6.92 Å². The van der Waals surface area contributed by atoms with Crippen LogP contribution in [0.25, 0.3) is 0 Å². The van der Waals surface area contributed by atoms with E-state index in [1.165, 1.54) is 10.4 Å². The zero-order valence-electron chi connectivity index (χ0n) is 11.3. The number of rotatable bonds is 4. The predicted octanol–water partition coefficient (Wildman–Crippen LogP) is 0.407. The maximum absolute atomic E-state index is 12.5. The van der Waals surface area contributed by atoms with Gasteiger partial charge in [0.2, 0.25) is 10.0 Å². The molecule has 0 bridgehead atoms. The highest BCUT2D eigenvalue weighted by atomic mass is 32.2. The average molecular weight is 288 g/mol. The molecule has 2 rings (SSSR count). The van der Waals surface area contributed by atoms with Gasteiger partial charge in [0, 0.05) is 32.2 Å². The number of hydrogen-bond acceptors (Lipinski definition) is 5. The van der Waals surface area contributed by atoms with Crippen molar-refractivity contribution in [3.05, 3.63) is 17.6 Å². The predicted molar refractivity (Wildman–Crippen MR) is 70.2 cm³/mol. The summed E-state index contributed by atoms with van der Waals surface area (Å²) in [6.07, 6.45) is 0. The van der Waals surface area contributed by atoms with Crippen LogP contribution in [-0.2, 0) is 16.6 Å². The molecule has 1 fully saturated rings. The number of sulfonamides is 1. The lowest BCUT2D eigenvalue weighted by Crippen LogP contribution is -2.48. The fraction of sp³-hybridized carbons (Fsp3) is 0.667. The summed E-state index contributed by atoms with van der Waals surface area (Å²) in [5.41, 5.74) is 0. The smallest absolute Gasteiger partial charge is 0.246 e. The maximum atomic E-state index is 12.5. The molecule has 0 saturated carbocycles. The second-order valence-corrected chi connectivity index (χ2v) is 6.54. The molecule has 19 heavy (non-hydrogen) atoms. The van der Waals surface area contributed by atoms with Crippen LogP contribution in [-0.4, -0.2) is 55.5 Å². The Morgan fingerprint density at radius 2 is 1.95 bits per heavy atom. The van der Waals surface area contributed by atoms with E-state index in [9.17, 15) is 8.42 Å². The van der Waals surface area contributed by atoms with Crippen LogP contribution in [0.4, 0.5) is 0 Å². The molecule has 2 heterocycles. The summed E-state index contributed by atoms with van der Waals surface area (Å²) in [5, 5.41) is 9.01. The first-order chi connectivity index (χ1) is 8.98. The van der Waals surface area contributed by atoms with Gasteiger partial charge in [-0.05, 0) is 13.5 Å². The van der Waals surface area contributed by atoms with Crippen molar-refractivity contribution in [3.63, 3.8) is 0 Å². The Morgan fingerprint density at radius 3 is 2.42 bits per heavy atom. The van der Waals surface area contributed by atoms with Crippen LogP contribution in [0.1, 0.15) is 18.4 Å². The minimum Gasteiger partial charge on any atom is -0.462 e. The third-order valence-corrected chi connectivity index (χ3v) is 5.48. The lowest BCUT2D eigenvalue weighted by Gasteiger charge is -2.33.